The van der Waals surface area contributed by atoms with Gasteiger partial charge in [0.15, 0.2) is 11.7 Å². The number of benzene rings is 2. The average Bonchev–Trinajstić information content (AvgIpc) is 2.50. The Kier molecular flexibility index (Phi) is 6.17. The van der Waals surface area contributed by atoms with Crippen LogP contribution in [0.4, 0.5) is 5.69 Å². The summed E-state index contributed by atoms with van der Waals surface area (Å²) in [5.41, 5.74) is 3.89. The summed E-state index contributed by atoms with van der Waals surface area (Å²) in [7, 11) is 0. The molecule has 2 aromatic carbocycles. The molecule has 2 N–H and O–H groups in total. The molecule has 2 aromatic rings. The van der Waals surface area contributed by atoms with Gasteiger partial charge in [-0.2, -0.15) is 0 Å². The van der Waals surface area contributed by atoms with E-state index in [9.17, 15) is 4.79 Å². The number of amides is 1. The summed E-state index contributed by atoms with van der Waals surface area (Å²) in [5, 5.41) is 6.50. The van der Waals surface area contributed by atoms with Gasteiger partial charge in [-0.3, -0.25) is 10.1 Å². The number of hydrogen-bond acceptors (Lipinski definition) is 3. The van der Waals surface area contributed by atoms with Gasteiger partial charge in [-0.05, 0) is 73.9 Å². The molecule has 0 aliphatic carbocycles. The molecule has 126 valence electrons. The van der Waals surface area contributed by atoms with Crippen molar-refractivity contribution < 1.29 is 9.53 Å². The Labute approximate surface area is 152 Å². The maximum Gasteiger partial charge on any atom is 0.264 e. The summed E-state index contributed by atoms with van der Waals surface area (Å²) in [6, 6.07) is 11.2. The van der Waals surface area contributed by atoms with Gasteiger partial charge in [-0.15, -0.1) is 0 Å². The SMILES string of the molecule is Cc1ccc(C)c(NC(=S)NC(=O)COc2ccc(Cl)cc2C)c1. The fourth-order valence-electron chi connectivity index (χ4n) is 2.10. The van der Waals surface area contributed by atoms with Crippen molar-refractivity contribution in [3.63, 3.8) is 0 Å². The molecule has 4 nitrogen and oxygen atoms in total. The van der Waals surface area contributed by atoms with Crippen LogP contribution in [-0.2, 0) is 4.79 Å². The molecule has 0 saturated heterocycles. The van der Waals surface area contributed by atoms with E-state index >= 15 is 0 Å². The Morgan fingerprint density at radius 2 is 1.88 bits per heavy atom. The molecule has 1 amide bonds. The average molecular weight is 363 g/mol. The lowest BCUT2D eigenvalue weighted by Gasteiger charge is -2.13. The molecule has 0 bridgehead atoms. The maximum atomic E-state index is 12.0. The molecule has 0 aromatic heterocycles. The molecular weight excluding hydrogens is 344 g/mol. The van der Waals surface area contributed by atoms with E-state index in [1.54, 1.807) is 18.2 Å². The summed E-state index contributed by atoms with van der Waals surface area (Å²) in [4.78, 5) is 12.0. The van der Waals surface area contributed by atoms with Gasteiger partial charge >= 0.3 is 0 Å². The molecule has 0 aliphatic heterocycles. The van der Waals surface area contributed by atoms with Crippen LogP contribution in [0.25, 0.3) is 0 Å². The summed E-state index contributed by atoms with van der Waals surface area (Å²) in [6.07, 6.45) is 0. The number of anilines is 1. The van der Waals surface area contributed by atoms with Crippen molar-refractivity contribution in [3.8, 4) is 5.75 Å². The van der Waals surface area contributed by atoms with Crippen LogP contribution >= 0.6 is 23.8 Å². The van der Waals surface area contributed by atoms with Gasteiger partial charge in [0.05, 0.1) is 0 Å². The van der Waals surface area contributed by atoms with E-state index in [0.717, 1.165) is 22.4 Å². The van der Waals surface area contributed by atoms with Crippen LogP contribution in [0.5, 0.6) is 5.75 Å². The van der Waals surface area contributed by atoms with Crippen molar-refractivity contribution in [1.82, 2.24) is 5.32 Å². The Balaban J connectivity index is 1.87. The first kappa shape index (κ1) is 18.2. The predicted molar refractivity (Wildman–Crippen MR) is 102 cm³/mol. The maximum absolute atomic E-state index is 12.0. The lowest BCUT2D eigenvalue weighted by Crippen LogP contribution is -2.37. The molecule has 0 fully saturated rings. The van der Waals surface area contributed by atoms with Crippen molar-refractivity contribution >= 4 is 40.5 Å². The molecule has 0 aliphatic rings. The van der Waals surface area contributed by atoms with Crippen molar-refractivity contribution in [3.05, 3.63) is 58.1 Å². The standard InChI is InChI=1S/C18H19ClN2O2S/c1-11-4-5-12(2)15(8-11)20-18(24)21-17(22)10-23-16-7-6-14(19)9-13(16)3/h4-9H,10H2,1-3H3,(H2,20,21,22,24). The van der Waals surface area contributed by atoms with Crippen LogP contribution in [0.2, 0.25) is 5.02 Å². The van der Waals surface area contributed by atoms with Crippen molar-refractivity contribution in [2.24, 2.45) is 0 Å². The van der Waals surface area contributed by atoms with Crippen LogP contribution in [-0.4, -0.2) is 17.6 Å². The molecule has 24 heavy (non-hydrogen) atoms. The number of aryl methyl sites for hydroxylation is 3. The highest BCUT2D eigenvalue weighted by molar-refractivity contribution is 7.80. The quantitative estimate of drug-likeness (QED) is 0.802. The second-order valence-corrected chi connectivity index (χ2v) is 6.36. The minimum absolute atomic E-state index is 0.128. The second kappa shape index (κ2) is 8.13. The summed E-state index contributed by atoms with van der Waals surface area (Å²) in [6.45, 7) is 5.70. The van der Waals surface area contributed by atoms with E-state index in [1.165, 1.54) is 0 Å². The number of rotatable bonds is 4. The Hall–Kier alpha value is -2.11. The first-order valence-corrected chi connectivity index (χ1v) is 8.21. The van der Waals surface area contributed by atoms with E-state index in [-0.39, 0.29) is 17.6 Å². The third kappa shape index (κ3) is 5.22. The number of carbonyl (C=O) groups is 1. The lowest BCUT2D eigenvalue weighted by molar-refractivity contribution is -0.121. The van der Waals surface area contributed by atoms with Crippen molar-refractivity contribution in [1.29, 1.82) is 0 Å². The lowest BCUT2D eigenvalue weighted by atomic mass is 10.1. The molecule has 0 radical (unpaired) electrons. The minimum Gasteiger partial charge on any atom is -0.483 e. The van der Waals surface area contributed by atoms with Crippen LogP contribution in [0.3, 0.4) is 0 Å². The predicted octanol–water partition coefficient (Wildman–Crippen LogP) is 4.16. The topological polar surface area (TPSA) is 50.4 Å². The third-order valence-corrected chi connectivity index (χ3v) is 3.83. The smallest absolute Gasteiger partial charge is 0.264 e. The molecule has 0 heterocycles. The Morgan fingerprint density at radius 3 is 2.58 bits per heavy atom. The molecule has 2 rings (SSSR count). The number of nitrogens with one attached hydrogen (secondary N) is 2. The molecule has 0 unspecified atom stereocenters. The van der Waals surface area contributed by atoms with Crippen molar-refractivity contribution in [2.75, 3.05) is 11.9 Å². The zero-order chi connectivity index (χ0) is 17.7. The van der Waals surface area contributed by atoms with Crippen LogP contribution in [0.15, 0.2) is 36.4 Å². The molecule has 0 spiro atoms. The first-order valence-electron chi connectivity index (χ1n) is 7.42. The Morgan fingerprint density at radius 1 is 1.12 bits per heavy atom. The highest BCUT2D eigenvalue weighted by Gasteiger charge is 2.08. The van der Waals surface area contributed by atoms with Gasteiger partial charge in [0.25, 0.3) is 5.91 Å². The number of hydrogen-bond donors (Lipinski definition) is 2. The molecule has 0 atom stereocenters. The third-order valence-electron chi connectivity index (χ3n) is 3.39. The fraction of sp³-hybridized carbons (Fsp3) is 0.222. The number of ether oxygens (including phenoxy) is 1. The van der Waals surface area contributed by atoms with Gasteiger partial charge < -0.3 is 10.1 Å². The monoisotopic (exact) mass is 362 g/mol. The van der Waals surface area contributed by atoms with Crippen LogP contribution in [0, 0.1) is 20.8 Å². The van der Waals surface area contributed by atoms with Gasteiger partial charge in [0.2, 0.25) is 0 Å². The highest BCUT2D eigenvalue weighted by atomic mass is 35.5. The molecule has 6 heteroatoms. The second-order valence-electron chi connectivity index (χ2n) is 5.52. The normalized spacial score (nSPS) is 10.2. The molecule has 0 saturated carbocycles. The van der Waals surface area contributed by atoms with Crippen molar-refractivity contribution in [2.45, 2.75) is 20.8 Å². The van der Waals surface area contributed by atoms with Crippen LogP contribution < -0.4 is 15.4 Å². The number of thiocarbonyl (C=S) groups is 1. The highest BCUT2D eigenvalue weighted by Crippen LogP contribution is 2.21. The number of carbonyl (C=O) groups excluding carboxylic acids is 1. The van der Waals surface area contributed by atoms with E-state index in [0.29, 0.717) is 10.8 Å². The Bertz CT molecular complexity index is 778. The van der Waals surface area contributed by atoms with E-state index in [2.05, 4.69) is 10.6 Å². The molecular formula is C18H19ClN2O2S. The fourth-order valence-corrected chi connectivity index (χ4v) is 2.56. The minimum atomic E-state index is -0.327. The van der Waals surface area contributed by atoms with Crippen LogP contribution in [0.1, 0.15) is 16.7 Å². The zero-order valence-corrected chi connectivity index (χ0v) is 15.3. The largest absolute Gasteiger partial charge is 0.483 e. The van der Waals surface area contributed by atoms with E-state index in [1.807, 2.05) is 39.0 Å². The van der Waals surface area contributed by atoms with Gasteiger partial charge in [-0.1, -0.05) is 23.7 Å². The van der Waals surface area contributed by atoms with E-state index < -0.39 is 0 Å². The van der Waals surface area contributed by atoms with Gasteiger partial charge in [-0.25, -0.2) is 0 Å². The summed E-state index contributed by atoms with van der Waals surface area (Å²) < 4.78 is 5.49. The zero-order valence-electron chi connectivity index (χ0n) is 13.8. The number of halogens is 1. The van der Waals surface area contributed by atoms with Gasteiger partial charge in [0.1, 0.15) is 5.75 Å². The summed E-state index contributed by atoms with van der Waals surface area (Å²) in [5.74, 6) is 0.287. The summed E-state index contributed by atoms with van der Waals surface area (Å²) >= 11 is 11.1. The first-order chi connectivity index (χ1) is 11.3. The van der Waals surface area contributed by atoms with E-state index in [4.69, 9.17) is 28.6 Å². The van der Waals surface area contributed by atoms with Gasteiger partial charge in [0, 0.05) is 10.7 Å².